The number of benzene rings is 1. The van der Waals surface area contributed by atoms with Gasteiger partial charge in [0.05, 0.1) is 25.7 Å². The molecule has 0 amide bonds. The monoisotopic (exact) mass is 276 g/mol. The van der Waals surface area contributed by atoms with Crippen molar-refractivity contribution in [2.75, 3.05) is 0 Å². The van der Waals surface area contributed by atoms with E-state index in [0.29, 0.717) is 5.56 Å². The Bertz CT molecular complexity index is 442. The maximum Gasteiger partial charge on any atom is 0.340 e. The predicted octanol–water partition coefficient (Wildman–Crippen LogP) is 3.97. The number of cyclic esters (lactones) is 1. The van der Waals surface area contributed by atoms with E-state index in [9.17, 15) is 4.79 Å². The lowest BCUT2D eigenvalue weighted by Crippen LogP contribution is -1.96. The normalized spacial score (nSPS) is 14.1. The Labute approximate surface area is 99.6 Å². The molecule has 1 aromatic rings. The number of hydrogen-bond acceptors (Lipinski definition) is 2. The van der Waals surface area contributed by atoms with Crippen molar-refractivity contribution in [2.45, 2.75) is 6.61 Å². The average Bonchev–Trinajstić information content (AvgIpc) is 2.54. The van der Waals surface area contributed by atoms with Gasteiger partial charge in [0.25, 0.3) is 0 Å². The van der Waals surface area contributed by atoms with Crippen LogP contribution in [0.4, 0.5) is 0 Å². The standard InChI is InChI=1S/C8H2Cl4O2/c9-4-2-1-14-8(13)3(2)5(10)7(12)6(4)11/h1H2/i2+1,3+1,4+1,5+1,6+1,7+1. The van der Waals surface area contributed by atoms with Gasteiger partial charge in [-0.2, -0.15) is 0 Å². The molecule has 2 nitrogen and oxygen atoms in total. The van der Waals surface area contributed by atoms with Gasteiger partial charge in [0, 0.05) is 5.56 Å². The molecule has 1 aromatic carbocycles. The maximum atomic E-state index is 11.2. The third kappa shape index (κ3) is 1.29. The Morgan fingerprint density at radius 3 is 2.14 bits per heavy atom. The van der Waals surface area contributed by atoms with E-state index >= 15 is 0 Å². The Kier molecular flexibility index (Phi) is 2.56. The van der Waals surface area contributed by atoms with Crippen LogP contribution in [0.1, 0.15) is 15.9 Å². The van der Waals surface area contributed by atoms with Crippen LogP contribution < -0.4 is 0 Å². The van der Waals surface area contributed by atoms with Gasteiger partial charge in [-0.05, 0) is 0 Å². The van der Waals surface area contributed by atoms with E-state index in [0.717, 1.165) is 0 Å². The van der Waals surface area contributed by atoms with E-state index in [2.05, 4.69) is 0 Å². The Morgan fingerprint density at radius 1 is 0.929 bits per heavy atom. The van der Waals surface area contributed by atoms with E-state index in [4.69, 9.17) is 51.1 Å². The van der Waals surface area contributed by atoms with Crippen LogP contribution in [0, 0.1) is 0 Å². The minimum Gasteiger partial charge on any atom is -0.457 e. The fourth-order valence-electron chi connectivity index (χ4n) is 1.24. The minimum absolute atomic E-state index is 0.0796. The van der Waals surface area contributed by atoms with Crippen molar-refractivity contribution in [1.82, 2.24) is 0 Å². The number of esters is 1. The third-order valence-electron chi connectivity index (χ3n) is 1.92. The van der Waals surface area contributed by atoms with Gasteiger partial charge in [-0.25, -0.2) is 4.79 Å². The second-order valence-corrected chi connectivity index (χ2v) is 4.20. The lowest BCUT2D eigenvalue weighted by Gasteiger charge is -2.05. The summed E-state index contributed by atoms with van der Waals surface area (Å²) in [5.74, 6) is -0.523. The van der Waals surface area contributed by atoms with Crippen molar-refractivity contribution in [2.24, 2.45) is 0 Å². The SMILES string of the molecule is O=C1OC[13c]2[13c](Cl)[13c](Cl)[13c](Cl)[13c](Cl)[13c]21. The molecule has 14 heavy (non-hydrogen) atoms. The maximum absolute atomic E-state index is 11.2. The molecule has 0 fully saturated rings. The Hall–Kier alpha value is -0.150. The van der Waals surface area contributed by atoms with Crippen LogP contribution in [0.25, 0.3) is 0 Å². The zero-order chi connectivity index (χ0) is 10.5. The highest BCUT2D eigenvalue weighted by atomic mass is 35.5. The van der Waals surface area contributed by atoms with E-state index in [1.165, 1.54) is 0 Å². The lowest BCUT2D eigenvalue weighted by atomic mass is 10.9. The summed E-state index contributed by atoms with van der Waals surface area (Å²) in [5, 5.41) is 0.548. The molecule has 0 radical (unpaired) electrons. The van der Waals surface area contributed by atoms with Crippen LogP contribution in [0.5, 0.6) is 0 Å². The molecule has 6 heteroatoms. The molecule has 0 aromatic heterocycles. The van der Waals surface area contributed by atoms with Crippen LogP contribution in [0.2, 0.25) is 20.1 Å². The topological polar surface area (TPSA) is 26.3 Å². The first-order chi connectivity index (χ1) is 6.54. The molecule has 0 bridgehead atoms. The van der Waals surface area contributed by atoms with Gasteiger partial charge < -0.3 is 4.74 Å². The van der Waals surface area contributed by atoms with Crippen LogP contribution in [-0.2, 0) is 11.3 Å². The highest BCUT2D eigenvalue weighted by Gasteiger charge is 2.30. The van der Waals surface area contributed by atoms with Crippen molar-refractivity contribution in [3.8, 4) is 0 Å². The van der Waals surface area contributed by atoms with Crippen molar-refractivity contribution in [1.29, 1.82) is 0 Å². The van der Waals surface area contributed by atoms with Crippen LogP contribution in [0.3, 0.4) is 0 Å². The minimum atomic E-state index is -0.523. The summed E-state index contributed by atoms with van der Waals surface area (Å²) >= 11 is 23.3. The number of rotatable bonds is 0. The summed E-state index contributed by atoms with van der Waals surface area (Å²) in [6.07, 6.45) is 0. The molecule has 0 saturated heterocycles. The van der Waals surface area contributed by atoms with Gasteiger partial charge in [-0.3, -0.25) is 0 Å². The zero-order valence-corrected chi connectivity index (χ0v) is 9.56. The summed E-state index contributed by atoms with van der Waals surface area (Å²) in [6, 6.07) is 0. The van der Waals surface area contributed by atoms with Gasteiger partial charge in [0.1, 0.15) is 6.61 Å². The predicted molar refractivity (Wildman–Crippen MR) is 55.6 cm³/mol. The van der Waals surface area contributed by atoms with E-state index in [1.54, 1.807) is 0 Å². The second-order valence-electron chi connectivity index (χ2n) is 2.69. The van der Waals surface area contributed by atoms with Crippen molar-refractivity contribution in [3.05, 3.63) is 31.2 Å². The summed E-state index contributed by atoms with van der Waals surface area (Å²) in [5.41, 5.74) is 0.710. The number of ether oxygens (including phenoxy) is 1. The van der Waals surface area contributed by atoms with Crippen molar-refractivity contribution in [3.63, 3.8) is 0 Å². The van der Waals surface area contributed by atoms with E-state index in [1.807, 2.05) is 0 Å². The number of carbonyl (C=O) groups is 1. The van der Waals surface area contributed by atoms with Crippen molar-refractivity contribution < 1.29 is 9.53 Å². The highest BCUT2D eigenvalue weighted by molar-refractivity contribution is 6.53. The van der Waals surface area contributed by atoms with E-state index in [-0.39, 0.29) is 32.3 Å². The molecule has 1 heterocycles. The summed E-state index contributed by atoms with van der Waals surface area (Å²) in [4.78, 5) is 11.2. The Morgan fingerprint density at radius 2 is 1.50 bits per heavy atom. The summed E-state index contributed by atoms with van der Waals surface area (Å²) in [6.45, 7) is 0.0869. The smallest absolute Gasteiger partial charge is 0.340 e. The van der Waals surface area contributed by atoms with Crippen LogP contribution in [-0.4, -0.2) is 5.97 Å². The van der Waals surface area contributed by atoms with Gasteiger partial charge in [-0.1, -0.05) is 46.4 Å². The third-order valence-corrected chi connectivity index (χ3v) is 3.76. The number of carbonyl (C=O) groups excluding carboxylic acids is 1. The second kappa shape index (κ2) is 3.46. The fourth-order valence-corrected chi connectivity index (χ4v) is 2.26. The molecular formula is C8H2Cl4O2. The first-order valence-corrected chi connectivity index (χ1v) is 5.07. The number of hydrogen-bond donors (Lipinski definition) is 0. The lowest BCUT2D eigenvalue weighted by molar-refractivity contribution is 0.0535. The molecule has 0 saturated carbocycles. The van der Waals surface area contributed by atoms with Gasteiger partial charge in [-0.15, -0.1) is 0 Å². The number of halogens is 4. The molecule has 1 aliphatic rings. The molecule has 0 unspecified atom stereocenters. The van der Waals surface area contributed by atoms with E-state index < -0.39 is 5.97 Å². The van der Waals surface area contributed by atoms with Crippen LogP contribution in [0.15, 0.2) is 0 Å². The van der Waals surface area contributed by atoms with Gasteiger partial charge in [0.2, 0.25) is 0 Å². The first-order valence-electron chi connectivity index (χ1n) is 3.56. The highest BCUT2D eigenvalue weighted by Crippen LogP contribution is 2.43. The fraction of sp³-hybridized carbons (Fsp3) is 0.125. The zero-order valence-electron chi connectivity index (χ0n) is 6.54. The largest absolute Gasteiger partial charge is 0.457 e. The van der Waals surface area contributed by atoms with Gasteiger partial charge in [0.15, 0.2) is 0 Å². The number of fused-ring (bicyclic) bond motifs is 1. The average molecular weight is 278 g/mol. The Balaban J connectivity index is 2.84. The first kappa shape index (κ1) is 10.4. The molecule has 0 spiro atoms. The summed E-state index contributed by atoms with van der Waals surface area (Å²) in [7, 11) is 0. The van der Waals surface area contributed by atoms with Gasteiger partial charge >= 0.3 is 5.97 Å². The van der Waals surface area contributed by atoms with Crippen molar-refractivity contribution >= 4 is 52.4 Å². The van der Waals surface area contributed by atoms with Crippen LogP contribution >= 0.6 is 46.4 Å². The molecule has 1 aliphatic heterocycles. The molecule has 0 aliphatic carbocycles. The molecular weight excluding hydrogens is 276 g/mol. The summed E-state index contributed by atoms with van der Waals surface area (Å²) < 4.78 is 4.77. The molecule has 0 atom stereocenters. The quantitative estimate of drug-likeness (QED) is 0.407. The molecule has 74 valence electrons. The molecule has 0 N–H and O–H groups in total. The molecule has 2 rings (SSSR count).